The molecule has 0 atom stereocenters. The van der Waals surface area contributed by atoms with Gasteiger partial charge in [-0.2, -0.15) is 11.3 Å². The second-order valence-electron chi connectivity index (χ2n) is 6.17. The van der Waals surface area contributed by atoms with E-state index in [2.05, 4.69) is 6.92 Å². The van der Waals surface area contributed by atoms with Crippen molar-refractivity contribution in [2.45, 2.75) is 39.0 Å². The summed E-state index contributed by atoms with van der Waals surface area (Å²) in [7, 11) is 0. The van der Waals surface area contributed by atoms with Gasteiger partial charge in [-0.15, -0.1) is 0 Å². The van der Waals surface area contributed by atoms with Gasteiger partial charge in [0.2, 0.25) is 0 Å². The van der Waals surface area contributed by atoms with Gasteiger partial charge >= 0.3 is 0 Å². The van der Waals surface area contributed by atoms with Gasteiger partial charge in [-0.05, 0) is 48.3 Å². The minimum absolute atomic E-state index is 0.0446. The zero-order valence-electron chi connectivity index (χ0n) is 15.4. The number of allylic oxidation sites excluding steroid dienone is 3. The van der Waals surface area contributed by atoms with Gasteiger partial charge in [-0.1, -0.05) is 42.8 Å². The van der Waals surface area contributed by atoms with Crippen molar-refractivity contribution >= 4 is 34.9 Å². The van der Waals surface area contributed by atoms with E-state index < -0.39 is 0 Å². The standard InChI is InChI=1S/C21H22O2S.CH2O2/c1-2-15-8-6-7-11-18(22)20(21(23)17-12-13-24-14-17)19(15)16-9-4-3-5-10-16;2-1-3/h3-5,9-10,12-14,23H,2,6-8,11H2,1H3;1H,(H,2,3)/b19-15+,21-20?;. The van der Waals surface area contributed by atoms with Crippen molar-refractivity contribution < 1.29 is 19.8 Å². The molecule has 142 valence electrons. The number of aliphatic hydroxyl groups is 1. The van der Waals surface area contributed by atoms with Crippen LogP contribution < -0.4 is 0 Å². The highest BCUT2D eigenvalue weighted by Gasteiger charge is 2.25. The van der Waals surface area contributed by atoms with Gasteiger partial charge in [-0.25, -0.2) is 0 Å². The molecule has 1 aromatic heterocycles. The highest BCUT2D eigenvalue weighted by molar-refractivity contribution is 7.08. The zero-order valence-corrected chi connectivity index (χ0v) is 16.2. The Kier molecular flexibility index (Phi) is 8.01. The minimum atomic E-state index is -0.250. The molecule has 4 nitrogen and oxygen atoms in total. The molecule has 5 heteroatoms. The maximum Gasteiger partial charge on any atom is 0.290 e. The van der Waals surface area contributed by atoms with E-state index in [0.717, 1.165) is 42.4 Å². The number of hydrogen-bond acceptors (Lipinski definition) is 4. The SMILES string of the molecule is CC/C1=C(/c2ccccc2)C(=C(O)c2ccsc2)C(=O)CCCC1.O=CO. The summed E-state index contributed by atoms with van der Waals surface area (Å²) in [6, 6.07) is 11.9. The van der Waals surface area contributed by atoms with Crippen molar-refractivity contribution in [1.82, 2.24) is 0 Å². The number of thiophene rings is 1. The van der Waals surface area contributed by atoms with Crippen molar-refractivity contribution in [3.63, 3.8) is 0 Å². The van der Waals surface area contributed by atoms with E-state index in [1.165, 1.54) is 16.9 Å². The third kappa shape index (κ3) is 5.17. The van der Waals surface area contributed by atoms with Gasteiger partial charge in [0.05, 0.1) is 5.57 Å². The second-order valence-corrected chi connectivity index (χ2v) is 6.95. The van der Waals surface area contributed by atoms with Crippen LogP contribution in [0.4, 0.5) is 0 Å². The molecule has 0 amide bonds. The first-order valence-corrected chi connectivity index (χ1v) is 9.92. The molecule has 0 radical (unpaired) electrons. The average Bonchev–Trinajstić information content (AvgIpc) is 3.21. The third-order valence-electron chi connectivity index (χ3n) is 4.54. The van der Waals surface area contributed by atoms with Crippen LogP contribution in [0.15, 0.2) is 58.3 Å². The van der Waals surface area contributed by atoms with E-state index in [4.69, 9.17) is 9.90 Å². The van der Waals surface area contributed by atoms with E-state index in [1.807, 2.05) is 47.2 Å². The number of hydrogen-bond donors (Lipinski definition) is 2. The van der Waals surface area contributed by atoms with E-state index in [1.54, 1.807) is 0 Å². The second kappa shape index (κ2) is 10.5. The van der Waals surface area contributed by atoms with E-state index in [-0.39, 0.29) is 18.0 Å². The van der Waals surface area contributed by atoms with Gasteiger partial charge in [-0.3, -0.25) is 9.59 Å². The van der Waals surface area contributed by atoms with Gasteiger partial charge in [0.15, 0.2) is 5.78 Å². The predicted octanol–water partition coefficient (Wildman–Crippen LogP) is 5.72. The third-order valence-corrected chi connectivity index (χ3v) is 5.22. The lowest BCUT2D eigenvalue weighted by atomic mass is 9.82. The molecule has 0 aliphatic heterocycles. The number of ketones is 1. The van der Waals surface area contributed by atoms with Gasteiger partial charge in [0, 0.05) is 17.4 Å². The first-order valence-electron chi connectivity index (χ1n) is 8.98. The lowest BCUT2D eigenvalue weighted by Gasteiger charge is -2.21. The molecule has 0 saturated carbocycles. The number of benzene rings is 1. The quantitative estimate of drug-likeness (QED) is 0.403. The lowest BCUT2D eigenvalue weighted by Crippen LogP contribution is -2.12. The number of Topliss-reactive ketones (excluding diaryl/α,β-unsaturated/α-hetero) is 1. The topological polar surface area (TPSA) is 74.6 Å². The predicted molar refractivity (Wildman–Crippen MR) is 110 cm³/mol. The maximum atomic E-state index is 12.9. The Labute approximate surface area is 163 Å². The molecule has 3 rings (SSSR count). The smallest absolute Gasteiger partial charge is 0.290 e. The van der Waals surface area contributed by atoms with Crippen LogP contribution in [0.1, 0.15) is 50.2 Å². The van der Waals surface area contributed by atoms with Crippen molar-refractivity contribution in [3.8, 4) is 0 Å². The first-order chi connectivity index (χ1) is 13.1. The van der Waals surface area contributed by atoms with E-state index in [9.17, 15) is 9.90 Å². The number of carbonyl (C=O) groups excluding carboxylic acids is 1. The molecule has 1 aliphatic rings. The number of carbonyl (C=O) groups is 2. The van der Waals surface area contributed by atoms with Crippen LogP contribution in [-0.4, -0.2) is 22.5 Å². The lowest BCUT2D eigenvalue weighted by molar-refractivity contribution is -0.123. The fourth-order valence-electron chi connectivity index (χ4n) is 3.29. The molecule has 0 fully saturated rings. The molecule has 27 heavy (non-hydrogen) atoms. The summed E-state index contributed by atoms with van der Waals surface area (Å²) >= 11 is 1.52. The Hall–Kier alpha value is -2.66. The zero-order chi connectivity index (χ0) is 19.6. The largest absolute Gasteiger partial charge is 0.507 e. The van der Waals surface area contributed by atoms with Crippen molar-refractivity contribution in [3.05, 3.63) is 69.4 Å². The van der Waals surface area contributed by atoms with Crippen LogP contribution in [0.2, 0.25) is 0 Å². The van der Waals surface area contributed by atoms with Crippen molar-refractivity contribution in [2.24, 2.45) is 0 Å². The van der Waals surface area contributed by atoms with Crippen LogP contribution in [-0.2, 0) is 9.59 Å². The summed E-state index contributed by atoms with van der Waals surface area (Å²) < 4.78 is 0. The molecule has 1 heterocycles. The van der Waals surface area contributed by atoms with Gasteiger partial charge in [0.25, 0.3) is 6.47 Å². The van der Waals surface area contributed by atoms with E-state index in [0.29, 0.717) is 12.0 Å². The minimum Gasteiger partial charge on any atom is -0.507 e. The van der Waals surface area contributed by atoms with Crippen LogP contribution in [0.3, 0.4) is 0 Å². The molecule has 1 aliphatic carbocycles. The van der Waals surface area contributed by atoms with Crippen molar-refractivity contribution in [1.29, 1.82) is 0 Å². The summed E-state index contributed by atoms with van der Waals surface area (Å²) in [6.07, 6.45) is 4.27. The molecule has 2 N–H and O–H groups in total. The Morgan fingerprint density at radius 1 is 1.15 bits per heavy atom. The van der Waals surface area contributed by atoms with Crippen LogP contribution in [0, 0.1) is 0 Å². The maximum absolute atomic E-state index is 12.9. The molecular weight excluding hydrogens is 360 g/mol. The Balaban J connectivity index is 0.000000817. The number of aliphatic hydroxyl groups excluding tert-OH is 1. The van der Waals surface area contributed by atoms with Crippen LogP contribution in [0.25, 0.3) is 11.3 Å². The molecule has 2 aromatic rings. The van der Waals surface area contributed by atoms with Crippen molar-refractivity contribution in [2.75, 3.05) is 0 Å². The molecular formula is C22H24O4S. The highest BCUT2D eigenvalue weighted by atomic mass is 32.1. The first kappa shape index (κ1) is 20.6. The Morgan fingerprint density at radius 2 is 1.81 bits per heavy atom. The van der Waals surface area contributed by atoms with Crippen LogP contribution >= 0.6 is 11.3 Å². The van der Waals surface area contributed by atoms with E-state index >= 15 is 0 Å². The fourth-order valence-corrected chi connectivity index (χ4v) is 3.93. The summed E-state index contributed by atoms with van der Waals surface area (Å²) in [6.45, 7) is 1.88. The van der Waals surface area contributed by atoms with Gasteiger partial charge in [0.1, 0.15) is 5.76 Å². The molecule has 0 bridgehead atoms. The molecule has 1 aromatic carbocycles. The molecule has 0 saturated heterocycles. The highest BCUT2D eigenvalue weighted by Crippen LogP contribution is 2.38. The monoisotopic (exact) mass is 384 g/mol. The Bertz CT molecular complexity index is 817. The number of carboxylic acid groups (broad SMARTS) is 1. The summed E-state index contributed by atoms with van der Waals surface area (Å²) in [4.78, 5) is 21.3. The summed E-state index contributed by atoms with van der Waals surface area (Å²) in [5, 5.41) is 21.6. The van der Waals surface area contributed by atoms with Gasteiger partial charge < -0.3 is 10.2 Å². The fraction of sp³-hybridized carbons (Fsp3) is 0.273. The molecule has 0 spiro atoms. The normalized spacial score (nSPS) is 19.4. The average molecular weight is 384 g/mol. The summed E-state index contributed by atoms with van der Waals surface area (Å²) in [5.74, 6) is 0.163. The summed E-state index contributed by atoms with van der Waals surface area (Å²) in [5.41, 5.74) is 4.43. The Morgan fingerprint density at radius 3 is 2.41 bits per heavy atom. The number of rotatable bonds is 3. The van der Waals surface area contributed by atoms with Crippen LogP contribution in [0.5, 0.6) is 0 Å². The molecule has 0 unspecified atom stereocenters.